The lowest BCUT2D eigenvalue weighted by molar-refractivity contribution is -0.139. The number of benzene rings is 3. The first kappa shape index (κ1) is 28.5. The molecule has 3 aromatic rings. The SMILES string of the molecule is CNC(=O)[C@H](Cc1ccccc1)N(Cc1cccc(OC)c1)C(=O)CN(c1cccc(OC)c1)S(C)(=O)=O. The number of ether oxygens (including phenoxy) is 2. The van der Waals surface area contributed by atoms with Crippen LogP contribution in [0.15, 0.2) is 78.9 Å². The molecular formula is C28H33N3O6S. The Morgan fingerprint density at radius 3 is 2.08 bits per heavy atom. The molecule has 1 atom stereocenters. The van der Waals surface area contributed by atoms with E-state index in [0.29, 0.717) is 11.5 Å². The van der Waals surface area contributed by atoms with Crippen LogP contribution >= 0.6 is 0 Å². The first-order valence-electron chi connectivity index (χ1n) is 12.0. The van der Waals surface area contributed by atoms with E-state index in [1.165, 1.54) is 19.1 Å². The highest BCUT2D eigenvalue weighted by Gasteiger charge is 2.32. The van der Waals surface area contributed by atoms with Gasteiger partial charge in [0.1, 0.15) is 24.1 Å². The molecule has 0 spiro atoms. The van der Waals surface area contributed by atoms with Gasteiger partial charge in [0.25, 0.3) is 0 Å². The Bertz CT molecular complexity index is 1350. The molecule has 202 valence electrons. The zero-order valence-electron chi connectivity index (χ0n) is 22.0. The minimum Gasteiger partial charge on any atom is -0.497 e. The maximum atomic E-state index is 13.9. The van der Waals surface area contributed by atoms with Gasteiger partial charge in [-0.3, -0.25) is 13.9 Å². The van der Waals surface area contributed by atoms with Gasteiger partial charge in [0.15, 0.2) is 0 Å². The van der Waals surface area contributed by atoms with E-state index in [9.17, 15) is 18.0 Å². The molecule has 0 bridgehead atoms. The minimum absolute atomic E-state index is 0.0661. The molecule has 0 radical (unpaired) electrons. The molecule has 0 aromatic heterocycles. The molecule has 0 aliphatic rings. The molecule has 38 heavy (non-hydrogen) atoms. The van der Waals surface area contributed by atoms with Gasteiger partial charge in [-0.05, 0) is 35.4 Å². The van der Waals surface area contributed by atoms with Crippen molar-refractivity contribution in [1.29, 1.82) is 0 Å². The quantitative estimate of drug-likeness (QED) is 0.380. The maximum Gasteiger partial charge on any atom is 0.244 e. The molecular weight excluding hydrogens is 506 g/mol. The Morgan fingerprint density at radius 1 is 0.868 bits per heavy atom. The molecule has 2 amide bonds. The highest BCUT2D eigenvalue weighted by atomic mass is 32.2. The lowest BCUT2D eigenvalue weighted by Crippen LogP contribution is -2.52. The Labute approximate surface area is 224 Å². The summed E-state index contributed by atoms with van der Waals surface area (Å²) in [6, 6.07) is 22.1. The van der Waals surface area contributed by atoms with E-state index >= 15 is 0 Å². The molecule has 0 unspecified atom stereocenters. The fourth-order valence-electron chi connectivity index (χ4n) is 4.07. The number of hydrogen-bond acceptors (Lipinski definition) is 6. The van der Waals surface area contributed by atoms with E-state index in [2.05, 4.69) is 5.32 Å². The zero-order chi connectivity index (χ0) is 27.7. The average Bonchev–Trinajstić information content (AvgIpc) is 2.93. The predicted molar refractivity (Wildman–Crippen MR) is 147 cm³/mol. The first-order valence-corrected chi connectivity index (χ1v) is 13.8. The molecule has 3 aromatic carbocycles. The molecule has 0 saturated carbocycles. The summed E-state index contributed by atoms with van der Waals surface area (Å²) < 4.78 is 37.2. The second kappa shape index (κ2) is 13.0. The highest BCUT2D eigenvalue weighted by molar-refractivity contribution is 7.92. The van der Waals surface area contributed by atoms with Crippen molar-refractivity contribution in [2.45, 2.75) is 19.0 Å². The summed E-state index contributed by atoms with van der Waals surface area (Å²) in [5.74, 6) is 0.149. The van der Waals surface area contributed by atoms with Crippen molar-refractivity contribution in [3.05, 3.63) is 90.0 Å². The summed E-state index contributed by atoms with van der Waals surface area (Å²) in [7, 11) is 0.671. The molecule has 9 nitrogen and oxygen atoms in total. The molecule has 10 heteroatoms. The largest absolute Gasteiger partial charge is 0.497 e. The highest BCUT2D eigenvalue weighted by Crippen LogP contribution is 2.24. The van der Waals surface area contributed by atoms with Gasteiger partial charge in [-0.1, -0.05) is 48.5 Å². The van der Waals surface area contributed by atoms with Crippen LogP contribution in [-0.4, -0.2) is 65.2 Å². The number of amides is 2. The standard InChI is InChI=1S/C28H33N3O6S/c1-29-28(33)26(17-21-10-6-5-7-11-21)30(19-22-12-8-14-24(16-22)36-2)27(32)20-31(38(4,34)35)23-13-9-15-25(18-23)37-3/h5-16,18,26H,17,19-20H2,1-4H3,(H,29,33)/t26-/m0/s1. The van der Waals surface area contributed by atoms with E-state index in [4.69, 9.17) is 9.47 Å². The van der Waals surface area contributed by atoms with E-state index < -0.39 is 28.5 Å². The molecule has 3 rings (SSSR count). The summed E-state index contributed by atoms with van der Waals surface area (Å²) in [5.41, 5.74) is 1.87. The third-order valence-corrected chi connectivity index (χ3v) is 7.17. The summed E-state index contributed by atoms with van der Waals surface area (Å²) in [5, 5.41) is 2.65. The number of sulfonamides is 1. The average molecular weight is 540 g/mol. The van der Waals surface area contributed by atoms with E-state index in [0.717, 1.165) is 21.7 Å². The second-order valence-corrected chi connectivity index (χ2v) is 10.6. The third-order valence-electron chi connectivity index (χ3n) is 6.03. The van der Waals surface area contributed by atoms with Crippen LogP contribution in [0.1, 0.15) is 11.1 Å². The van der Waals surface area contributed by atoms with Gasteiger partial charge in [0.05, 0.1) is 26.2 Å². The van der Waals surface area contributed by atoms with Crippen molar-refractivity contribution >= 4 is 27.5 Å². The zero-order valence-corrected chi connectivity index (χ0v) is 22.8. The fraction of sp³-hybridized carbons (Fsp3) is 0.286. The van der Waals surface area contributed by atoms with Crippen molar-refractivity contribution in [1.82, 2.24) is 10.2 Å². The Hall–Kier alpha value is -4.05. The van der Waals surface area contributed by atoms with Crippen molar-refractivity contribution in [3.63, 3.8) is 0 Å². The number of likely N-dealkylation sites (N-methyl/N-ethyl adjacent to an activating group) is 1. The Balaban J connectivity index is 2.04. The van der Waals surface area contributed by atoms with Crippen molar-refractivity contribution < 1.29 is 27.5 Å². The van der Waals surface area contributed by atoms with Crippen LogP contribution in [0.3, 0.4) is 0 Å². The molecule has 0 aliphatic heterocycles. The van der Waals surface area contributed by atoms with Crippen LogP contribution in [-0.2, 0) is 32.6 Å². The van der Waals surface area contributed by atoms with Crippen LogP contribution in [0.4, 0.5) is 5.69 Å². The van der Waals surface area contributed by atoms with Gasteiger partial charge in [0.2, 0.25) is 21.8 Å². The normalized spacial score (nSPS) is 11.8. The monoisotopic (exact) mass is 539 g/mol. The lowest BCUT2D eigenvalue weighted by Gasteiger charge is -2.33. The summed E-state index contributed by atoms with van der Waals surface area (Å²) in [6.45, 7) is -0.436. The van der Waals surface area contributed by atoms with Crippen LogP contribution in [0.25, 0.3) is 0 Å². The molecule has 0 fully saturated rings. The number of nitrogens with one attached hydrogen (secondary N) is 1. The number of carbonyl (C=O) groups excluding carboxylic acids is 2. The number of hydrogen-bond donors (Lipinski definition) is 1. The number of methoxy groups -OCH3 is 2. The molecule has 1 N–H and O–H groups in total. The summed E-state index contributed by atoms with van der Waals surface area (Å²) in [4.78, 5) is 28.5. The number of carbonyl (C=O) groups is 2. The maximum absolute atomic E-state index is 13.9. The lowest BCUT2D eigenvalue weighted by atomic mass is 10.0. The summed E-state index contributed by atoms with van der Waals surface area (Å²) >= 11 is 0. The molecule has 0 aliphatic carbocycles. The van der Waals surface area contributed by atoms with E-state index in [-0.39, 0.29) is 24.6 Å². The van der Waals surface area contributed by atoms with Crippen LogP contribution in [0, 0.1) is 0 Å². The second-order valence-electron chi connectivity index (χ2n) is 8.66. The number of nitrogens with zero attached hydrogens (tertiary/aromatic N) is 2. The minimum atomic E-state index is -3.86. The predicted octanol–water partition coefficient (Wildman–Crippen LogP) is 2.86. The Kier molecular flexibility index (Phi) is 9.72. The van der Waals surface area contributed by atoms with Gasteiger partial charge in [-0.15, -0.1) is 0 Å². The van der Waals surface area contributed by atoms with Gasteiger partial charge in [-0.25, -0.2) is 8.42 Å². The van der Waals surface area contributed by atoms with Gasteiger partial charge < -0.3 is 19.7 Å². The van der Waals surface area contributed by atoms with Crippen molar-refractivity contribution in [2.24, 2.45) is 0 Å². The van der Waals surface area contributed by atoms with Crippen LogP contribution in [0.5, 0.6) is 11.5 Å². The number of anilines is 1. The van der Waals surface area contributed by atoms with E-state index in [1.54, 1.807) is 49.6 Å². The first-order chi connectivity index (χ1) is 18.2. The van der Waals surface area contributed by atoms with Crippen LogP contribution < -0.4 is 19.1 Å². The van der Waals surface area contributed by atoms with Crippen LogP contribution in [0.2, 0.25) is 0 Å². The van der Waals surface area contributed by atoms with Gasteiger partial charge in [-0.2, -0.15) is 0 Å². The summed E-state index contributed by atoms with van der Waals surface area (Å²) in [6.07, 6.45) is 1.28. The fourth-order valence-corrected chi connectivity index (χ4v) is 4.91. The van der Waals surface area contributed by atoms with Gasteiger partial charge in [0, 0.05) is 26.1 Å². The topological polar surface area (TPSA) is 105 Å². The van der Waals surface area contributed by atoms with Crippen molar-refractivity contribution in [2.75, 3.05) is 38.4 Å². The molecule has 0 heterocycles. The Morgan fingerprint density at radius 2 is 1.47 bits per heavy atom. The number of rotatable bonds is 12. The molecule has 0 saturated heterocycles. The van der Waals surface area contributed by atoms with Crippen molar-refractivity contribution in [3.8, 4) is 11.5 Å². The third kappa shape index (κ3) is 7.48. The smallest absolute Gasteiger partial charge is 0.244 e. The van der Waals surface area contributed by atoms with E-state index in [1.807, 2.05) is 36.4 Å². The van der Waals surface area contributed by atoms with Gasteiger partial charge >= 0.3 is 0 Å².